The topological polar surface area (TPSA) is 84.2 Å². The largest absolute Gasteiger partial charge is 0.495 e. The van der Waals surface area contributed by atoms with Crippen LogP contribution in [0.1, 0.15) is 22.4 Å². The molecule has 156 valence electrons. The predicted molar refractivity (Wildman–Crippen MR) is 120 cm³/mol. The molecule has 1 aromatic heterocycles. The highest BCUT2D eigenvalue weighted by molar-refractivity contribution is 6.10. The average molecular weight is 413 g/mol. The van der Waals surface area contributed by atoms with Crippen LogP contribution in [-0.2, 0) is 11.4 Å². The Morgan fingerprint density at radius 3 is 2.48 bits per heavy atom. The number of carbonyl (C=O) groups is 1. The molecule has 2 aromatic carbocycles. The van der Waals surface area contributed by atoms with Crippen molar-refractivity contribution >= 4 is 17.7 Å². The second-order valence-electron chi connectivity index (χ2n) is 6.92. The first-order valence-electron chi connectivity index (χ1n) is 9.72. The van der Waals surface area contributed by atoms with Gasteiger partial charge in [-0.1, -0.05) is 18.2 Å². The van der Waals surface area contributed by atoms with E-state index >= 15 is 0 Å². The van der Waals surface area contributed by atoms with Gasteiger partial charge in [-0.05, 0) is 73.0 Å². The molecule has 6 heteroatoms. The van der Waals surface area contributed by atoms with Crippen molar-refractivity contribution in [3.8, 4) is 17.6 Å². The minimum atomic E-state index is -0.502. The van der Waals surface area contributed by atoms with Crippen molar-refractivity contribution < 1.29 is 14.3 Å². The Labute approximate surface area is 181 Å². The fourth-order valence-corrected chi connectivity index (χ4v) is 3.18. The zero-order valence-electron chi connectivity index (χ0n) is 17.7. The van der Waals surface area contributed by atoms with Crippen LogP contribution in [0.3, 0.4) is 0 Å². The zero-order chi connectivity index (χ0) is 22.2. The summed E-state index contributed by atoms with van der Waals surface area (Å²) < 4.78 is 11.2. The van der Waals surface area contributed by atoms with Gasteiger partial charge >= 0.3 is 0 Å². The van der Waals surface area contributed by atoms with Crippen LogP contribution in [0.5, 0.6) is 11.5 Å². The summed E-state index contributed by atoms with van der Waals surface area (Å²) >= 11 is 0. The molecule has 0 aliphatic carbocycles. The van der Waals surface area contributed by atoms with E-state index < -0.39 is 5.91 Å². The summed E-state index contributed by atoms with van der Waals surface area (Å²) in [7, 11) is 1.52. The Morgan fingerprint density at radius 2 is 1.84 bits per heavy atom. The van der Waals surface area contributed by atoms with E-state index in [1.165, 1.54) is 7.11 Å². The Morgan fingerprint density at radius 1 is 1.13 bits per heavy atom. The molecule has 0 fully saturated rings. The van der Waals surface area contributed by atoms with Gasteiger partial charge in [-0.15, -0.1) is 0 Å². The summed E-state index contributed by atoms with van der Waals surface area (Å²) in [5.74, 6) is 0.784. The summed E-state index contributed by atoms with van der Waals surface area (Å²) in [4.78, 5) is 16.9. The van der Waals surface area contributed by atoms with E-state index in [1.807, 2.05) is 50.2 Å². The van der Waals surface area contributed by atoms with Crippen molar-refractivity contribution in [1.82, 2.24) is 4.98 Å². The van der Waals surface area contributed by atoms with Gasteiger partial charge in [-0.25, -0.2) is 0 Å². The van der Waals surface area contributed by atoms with Crippen LogP contribution in [0, 0.1) is 25.2 Å². The van der Waals surface area contributed by atoms with E-state index in [-0.39, 0.29) is 5.57 Å². The van der Waals surface area contributed by atoms with Crippen LogP contribution in [0.4, 0.5) is 5.69 Å². The molecule has 0 unspecified atom stereocenters. The van der Waals surface area contributed by atoms with Crippen molar-refractivity contribution in [2.75, 3.05) is 12.4 Å². The first kappa shape index (κ1) is 21.6. The third kappa shape index (κ3) is 5.49. The number of hydrogen-bond donors (Lipinski definition) is 1. The highest BCUT2D eigenvalue weighted by atomic mass is 16.5. The number of amides is 1. The first-order chi connectivity index (χ1) is 15.0. The molecule has 0 aliphatic heterocycles. The molecular formula is C25H23N3O3. The number of pyridine rings is 1. The lowest BCUT2D eigenvalue weighted by atomic mass is 10.0. The third-order valence-corrected chi connectivity index (χ3v) is 4.60. The maximum atomic E-state index is 12.6. The highest BCUT2D eigenvalue weighted by Gasteiger charge is 2.13. The second-order valence-corrected chi connectivity index (χ2v) is 6.92. The van der Waals surface area contributed by atoms with Crippen LogP contribution in [0.25, 0.3) is 6.08 Å². The lowest BCUT2D eigenvalue weighted by Gasteiger charge is -2.13. The minimum Gasteiger partial charge on any atom is -0.495 e. The van der Waals surface area contributed by atoms with Crippen LogP contribution >= 0.6 is 0 Å². The van der Waals surface area contributed by atoms with Crippen molar-refractivity contribution in [1.29, 1.82) is 5.26 Å². The minimum absolute atomic E-state index is 0.00754. The standard InChI is InChI=1S/C25H23N3O3/c1-17-12-19(13-18(2)24(17)31-16-21-8-6-7-11-27-21)14-20(15-26)25(29)28-22-9-4-5-10-23(22)30-3/h4-14H,16H2,1-3H3,(H,28,29)/b20-14-. The SMILES string of the molecule is COc1ccccc1NC(=O)/C(C#N)=C\c1cc(C)c(OCc2ccccn2)c(C)c1. The molecule has 0 saturated heterocycles. The molecule has 0 spiro atoms. The molecule has 0 atom stereocenters. The van der Waals surface area contributed by atoms with Crippen molar-refractivity contribution in [3.63, 3.8) is 0 Å². The molecule has 6 nitrogen and oxygen atoms in total. The highest BCUT2D eigenvalue weighted by Crippen LogP contribution is 2.27. The molecule has 0 saturated carbocycles. The van der Waals surface area contributed by atoms with E-state index in [1.54, 1.807) is 36.5 Å². The quantitative estimate of drug-likeness (QED) is 0.443. The average Bonchev–Trinajstić information content (AvgIpc) is 2.78. The fourth-order valence-electron chi connectivity index (χ4n) is 3.18. The smallest absolute Gasteiger partial charge is 0.266 e. The number of nitrogens with zero attached hydrogens (tertiary/aromatic N) is 2. The van der Waals surface area contributed by atoms with Gasteiger partial charge in [-0.2, -0.15) is 5.26 Å². The number of aromatic nitrogens is 1. The summed E-state index contributed by atoms with van der Waals surface area (Å²) in [6.07, 6.45) is 3.29. The van der Waals surface area contributed by atoms with E-state index in [4.69, 9.17) is 9.47 Å². The molecule has 0 radical (unpaired) electrons. The number of nitrogens with one attached hydrogen (secondary N) is 1. The van der Waals surface area contributed by atoms with Crippen LogP contribution in [-0.4, -0.2) is 18.0 Å². The van der Waals surface area contributed by atoms with E-state index in [2.05, 4.69) is 10.3 Å². The van der Waals surface area contributed by atoms with Gasteiger partial charge in [0.1, 0.15) is 29.7 Å². The van der Waals surface area contributed by atoms with Gasteiger partial charge in [-0.3, -0.25) is 9.78 Å². The molecule has 0 bridgehead atoms. The molecule has 0 aliphatic rings. The fraction of sp³-hybridized carbons (Fsp3) is 0.160. The number of hydrogen-bond acceptors (Lipinski definition) is 5. The lowest BCUT2D eigenvalue weighted by molar-refractivity contribution is -0.112. The monoisotopic (exact) mass is 413 g/mol. The van der Waals surface area contributed by atoms with Crippen molar-refractivity contribution in [2.24, 2.45) is 0 Å². The van der Waals surface area contributed by atoms with Gasteiger partial charge in [0.05, 0.1) is 18.5 Å². The van der Waals surface area contributed by atoms with Crippen LogP contribution in [0.15, 0.2) is 66.4 Å². The summed E-state index contributed by atoms with van der Waals surface area (Å²) in [6, 6.07) is 18.5. The number of methoxy groups -OCH3 is 1. The zero-order valence-corrected chi connectivity index (χ0v) is 17.7. The number of benzene rings is 2. The van der Waals surface area contributed by atoms with Gasteiger partial charge < -0.3 is 14.8 Å². The van der Waals surface area contributed by atoms with E-state index in [0.29, 0.717) is 18.0 Å². The van der Waals surface area contributed by atoms with Crippen molar-refractivity contribution in [2.45, 2.75) is 20.5 Å². The van der Waals surface area contributed by atoms with E-state index in [0.717, 1.165) is 28.1 Å². The summed E-state index contributed by atoms with van der Waals surface area (Å²) in [6.45, 7) is 4.22. The molecule has 3 rings (SSSR count). The Bertz CT molecular complexity index is 1130. The van der Waals surface area contributed by atoms with Crippen molar-refractivity contribution in [3.05, 3.63) is 88.8 Å². The normalized spacial score (nSPS) is 10.8. The first-order valence-corrected chi connectivity index (χ1v) is 9.72. The molecule has 31 heavy (non-hydrogen) atoms. The number of aryl methyl sites for hydroxylation is 2. The predicted octanol–water partition coefficient (Wildman–Crippen LogP) is 4.83. The number of carbonyl (C=O) groups excluding carboxylic acids is 1. The molecular weight excluding hydrogens is 390 g/mol. The molecule has 1 N–H and O–H groups in total. The molecule has 1 amide bonds. The number of nitriles is 1. The van der Waals surface area contributed by atoms with Gasteiger partial charge in [0.15, 0.2) is 0 Å². The number of ether oxygens (including phenoxy) is 2. The lowest BCUT2D eigenvalue weighted by Crippen LogP contribution is -2.14. The second kappa shape index (κ2) is 10.1. The Hall–Kier alpha value is -4.11. The number of para-hydroxylation sites is 2. The van der Waals surface area contributed by atoms with E-state index in [9.17, 15) is 10.1 Å². The summed E-state index contributed by atoms with van der Waals surface area (Å²) in [5.41, 5.74) is 3.89. The number of anilines is 1. The van der Waals surface area contributed by atoms with Crippen LogP contribution < -0.4 is 14.8 Å². The summed E-state index contributed by atoms with van der Waals surface area (Å²) in [5, 5.41) is 12.2. The van der Waals surface area contributed by atoms with Gasteiger partial charge in [0.25, 0.3) is 5.91 Å². The third-order valence-electron chi connectivity index (χ3n) is 4.60. The maximum Gasteiger partial charge on any atom is 0.266 e. The maximum absolute atomic E-state index is 12.6. The van der Waals surface area contributed by atoms with Crippen LogP contribution in [0.2, 0.25) is 0 Å². The molecule has 3 aromatic rings. The molecule has 1 heterocycles. The van der Waals surface area contributed by atoms with Gasteiger partial charge in [0, 0.05) is 6.20 Å². The number of rotatable bonds is 7. The van der Waals surface area contributed by atoms with Gasteiger partial charge in [0.2, 0.25) is 0 Å². The Balaban J connectivity index is 1.79. The Kier molecular flexibility index (Phi) is 7.02.